The number of thioether (sulfide) groups is 1. The van der Waals surface area contributed by atoms with Crippen LogP contribution in [0.3, 0.4) is 0 Å². The number of ether oxygens (including phenoxy) is 2. The zero-order valence-corrected chi connectivity index (χ0v) is 37.0. The summed E-state index contributed by atoms with van der Waals surface area (Å²) in [5.74, 6) is -4.53. The maximum atomic E-state index is 14.1. The van der Waals surface area contributed by atoms with Gasteiger partial charge in [0, 0.05) is 43.6 Å². The minimum absolute atomic E-state index is 0.0666. The number of carbonyl (C=O) groups is 7. The van der Waals surface area contributed by atoms with Crippen LogP contribution in [0.25, 0.3) is 0 Å². The zero-order chi connectivity index (χ0) is 47.0. The van der Waals surface area contributed by atoms with E-state index in [-0.39, 0.29) is 36.0 Å². The summed E-state index contributed by atoms with van der Waals surface area (Å²) < 4.78 is 40.9. The highest BCUT2D eigenvalue weighted by Crippen LogP contribution is 2.42. The fraction of sp³-hybridized carbons (Fsp3) is 0.267. The molecular formula is C45H46N6O12S2. The first kappa shape index (κ1) is 47.4. The van der Waals surface area contributed by atoms with Crippen molar-refractivity contribution in [1.29, 1.82) is 0 Å². The molecule has 0 saturated carbocycles. The Hall–Kier alpha value is -7.03. The fourth-order valence-corrected chi connectivity index (χ4v) is 8.83. The Kier molecular flexibility index (Phi) is 15.1. The Morgan fingerprint density at radius 1 is 0.846 bits per heavy atom. The zero-order valence-electron chi connectivity index (χ0n) is 35.4. The molecule has 6 amide bonds. The number of benzene rings is 4. The summed E-state index contributed by atoms with van der Waals surface area (Å²) in [6.07, 6.45) is -0.835. The van der Waals surface area contributed by atoms with Crippen LogP contribution < -0.4 is 16.4 Å². The highest BCUT2D eigenvalue weighted by molar-refractivity contribution is 8.00. The van der Waals surface area contributed by atoms with Gasteiger partial charge in [-0.25, -0.2) is 9.59 Å². The minimum Gasteiger partial charge on any atom is -0.461 e. The molecule has 4 aromatic carbocycles. The second kappa shape index (κ2) is 20.6. The van der Waals surface area contributed by atoms with E-state index in [4.69, 9.17) is 19.8 Å². The Morgan fingerprint density at radius 3 is 2.00 bits per heavy atom. The first-order valence-electron chi connectivity index (χ1n) is 20.2. The standard InChI is InChI=1S/C38H38N6O9S.C7H8O3S/c1-3-42-18-19-43(35(49)34(42)48)38(51)41-28(23-14-16-27(39)17-15-23)32(46)40-29-33(47)44-30(26(20-52-22(2)45)21-54-36(29)44)37(50)53-31(24-10-6-4-7-11-24)25-12-8-5-9-13-25;1-6-2-4-7(5-3-6)11(8,9)10/h4-17,28-29,31,36H,3,18-21,39H2,1-2H3,(H,40,46)(H,41,51);2-5H,1H3,(H,8,9,10)/t28-,29+,36-;/m0./s1. The smallest absolute Gasteiger partial charge is 0.356 e. The van der Waals surface area contributed by atoms with E-state index in [2.05, 4.69) is 10.6 Å². The number of anilines is 1. The molecule has 2 fully saturated rings. The minimum atomic E-state index is -4.02. The third kappa shape index (κ3) is 11.2. The van der Waals surface area contributed by atoms with Gasteiger partial charge in [-0.1, -0.05) is 90.5 Å². The summed E-state index contributed by atoms with van der Waals surface area (Å²) in [5, 5.41) is 4.48. The number of aryl methyl sites for hydroxylation is 1. The van der Waals surface area contributed by atoms with Crippen LogP contribution in [0.2, 0.25) is 0 Å². The summed E-state index contributed by atoms with van der Waals surface area (Å²) >= 11 is 1.24. The average Bonchev–Trinajstić information content (AvgIpc) is 3.29. The van der Waals surface area contributed by atoms with Gasteiger partial charge in [0.05, 0.1) is 4.90 Å². The van der Waals surface area contributed by atoms with Gasteiger partial charge in [-0.15, -0.1) is 11.8 Å². The number of carbonyl (C=O) groups excluding carboxylic acids is 7. The van der Waals surface area contributed by atoms with Gasteiger partial charge in [0.2, 0.25) is 5.91 Å². The lowest BCUT2D eigenvalue weighted by molar-refractivity contribution is -0.155. The van der Waals surface area contributed by atoms with Crippen molar-refractivity contribution in [2.24, 2.45) is 0 Å². The first-order valence-corrected chi connectivity index (χ1v) is 22.7. The highest BCUT2D eigenvalue weighted by Gasteiger charge is 2.55. The van der Waals surface area contributed by atoms with E-state index in [1.807, 2.05) is 67.6 Å². The molecule has 7 rings (SSSR count). The Morgan fingerprint density at radius 2 is 1.45 bits per heavy atom. The third-order valence-electron chi connectivity index (χ3n) is 10.5. The van der Waals surface area contributed by atoms with E-state index in [1.165, 1.54) is 64.9 Å². The quantitative estimate of drug-likeness (QED) is 0.0522. The molecule has 0 aliphatic carbocycles. The molecule has 5 N–H and O–H groups in total. The molecule has 3 atom stereocenters. The summed E-state index contributed by atoms with van der Waals surface area (Å²) in [5.41, 5.74) is 9.14. The molecule has 20 heteroatoms. The summed E-state index contributed by atoms with van der Waals surface area (Å²) in [4.78, 5) is 95.6. The molecular weight excluding hydrogens is 881 g/mol. The number of urea groups is 1. The molecule has 4 aromatic rings. The lowest BCUT2D eigenvalue weighted by atomic mass is 10.00. The number of nitrogens with one attached hydrogen (secondary N) is 2. The van der Waals surface area contributed by atoms with Gasteiger partial charge in [-0.2, -0.15) is 8.42 Å². The van der Waals surface area contributed by atoms with E-state index in [0.717, 1.165) is 10.5 Å². The van der Waals surface area contributed by atoms with Crippen molar-refractivity contribution in [3.63, 3.8) is 0 Å². The van der Waals surface area contributed by atoms with Crippen LogP contribution in [-0.2, 0) is 48.4 Å². The third-order valence-corrected chi connectivity index (χ3v) is 12.7. The van der Waals surface area contributed by atoms with Crippen LogP contribution in [0.5, 0.6) is 0 Å². The molecule has 0 radical (unpaired) electrons. The lowest BCUT2D eigenvalue weighted by Gasteiger charge is -2.50. The SMILES string of the molecule is CCN1CCN(C(=O)N[C@H](C(=O)N[C@@H]2C(=O)N3C(C(=O)OC(c4ccccc4)c4ccccc4)=C(COC(C)=O)CS[C@@H]23)c2ccc(N)cc2)C(=O)C1=O.Cc1ccc(S(=O)(=O)O)cc1. The molecule has 340 valence electrons. The van der Waals surface area contributed by atoms with Crippen molar-refractivity contribution in [3.8, 4) is 0 Å². The van der Waals surface area contributed by atoms with Crippen molar-refractivity contribution < 1.29 is 56.0 Å². The van der Waals surface area contributed by atoms with Crippen LogP contribution >= 0.6 is 11.8 Å². The number of fused-ring (bicyclic) bond motifs is 1. The van der Waals surface area contributed by atoms with Gasteiger partial charge in [-0.05, 0) is 54.8 Å². The van der Waals surface area contributed by atoms with Crippen LogP contribution in [0, 0.1) is 6.92 Å². The number of nitrogens with two attached hydrogens (primary N) is 1. The van der Waals surface area contributed by atoms with Gasteiger partial charge in [0.25, 0.3) is 16.0 Å². The van der Waals surface area contributed by atoms with Crippen LogP contribution in [-0.4, -0.2) is 113 Å². The first-order chi connectivity index (χ1) is 31.0. The number of nitrogen functional groups attached to an aromatic ring is 1. The summed E-state index contributed by atoms with van der Waals surface area (Å²) in [7, 11) is -4.02. The molecule has 3 aliphatic heterocycles. The van der Waals surface area contributed by atoms with Gasteiger partial charge in [0.15, 0.2) is 6.10 Å². The molecule has 0 aromatic heterocycles. The molecule has 0 unspecified atom stereocenters. The highest BCUT2D eigenvalue weighted by atomic mass is 32.2. The average molecular weight is 927 g/mol. The fourth-order valence-electron chi connectivity index (χ4n) is 7.03. The van der Waals surface area contributed by atoms with E-state index < -0.39 is 75.3 Å². The predicted octanol–water partition coefficient (Wildman–Crippen LogP) is 3.50. The number of amides is 6. The molecule has 0 bridgehead atoms. The number of imide groups is 1. The van der Waals surface area contributed by atoms with Crippen molar-refractivity contribution >= 4 is 69.2 Å². The number of hydrogen-bond acceptors (Lipinski definition) is 13. The van der Waals surface area contributed by atoms with E-state index in [1.54, 1.807) is 19.1 Å². The second-order valence-corrected chi connectivity index (χ2v) is 17.4. The van der Waals surface area contributed by atoms with E-state index in [9.17, 15) is 42.0 Å². The number of likely N-dealkylation sites (N-methyl/N-ethyl adjacent to an activating group) is 1. The molecule has 2 saturated heterocycles. The Balaban J connectivity index is 0.000000557. The number of hydrogen-bond donors (Lipinski definition) is 4. The predicted molar refractivity (Wildman–Crippen MR) is 237 cm³/mol. The number of nitrogens with zero attached hydrogens (tertiary/aromatic N) is 3. The number of piperazine rings is 1. The van der Waals surface area contributed by atoms with Crippen LogP contribution in [0.15, 0.2) is 125 Å². The molecule has 18 nitrogen and oxygen atoms in total. The van der Waals surface area contributed by atoms with Gasteiger partial charge >= 0.3 is 29.8 Å². The maximum Gasteiger partial charge on any atom is 0.356 e. The van der Waals surface area contributed by atoms with E-state index in [0.29, 0.717) is 34.5 Å². The molecule has 3 heterocycles. The van der Waals surface area contributed by atoms with E-state index >= 15 is 0 Å². The normalized spacial score (nSPS) is 17.6. The number of rotatable bonds is 12. The van der Waals surface area contributed by atoms with Gasteiger partial charge in [0.1, 0.15) is 29.8 Å². The Labute approximate surface area is 378 Å². The monoisotopic (exact) mass is 926 g/mol. The summed E-state index contributed by atoms with van der Waals surface area (Å²) in [6, 6.07) is 26.7. The van der Waals surface area contributed by atoms with Gasteiger partial charge in [-0.3, -0.25) is 38.3 Å². The van der Waals surface area contributed by atoms with Crippen molar-refractivity contribution in [2.45, 2.75) is 49.2 Å². The van der Waals surface area contributed by atoms with Crippen molar-refractivity contribution in [1.82, 2.24) is 25.3 Å². The maximum absolute atomic E-state index is 14.1. The number of β-lactam (4-membered cyclic amide) rings is 1. The van der Waals surface area contributed by atoms with Crippen molar-refractivity contribution in [2.75, 3.05) is 37.7 Å². The summed E-state index contributed by atoms with van der Waals surface area (Å²) in [6.45, 7) is 4.87. The second-order valence-electron chi connectivity index (χ2n) is 14.9. The largest absolute Gasteiger partial charge is 0.461 e. The molecule has 65 heavy (non-hydrogen) atoms. The van der Waals surface area contributed by atoms with Crippen LogP contribution in [0.4, 0.5) is 10.5 Å². The Bertz CT molecular complexity index is 2560. The topological polar surface area (TPSA) is 252 Å². The van der Waals surface area contributed by atoms with Crippen LogP contribution in [0.1, 0.15) is 48.2 Å². The van der Waals surface area contributed by atoms with Crippen molar-refractivity contribution in [3.05, 3.63) is 143 Å². The van der Waals surface area contributed by atoms with Gasteiger partial charge < -0.3 is 30.7 Å². The number of esters is 2. The molecule has 3 aliphatic rings. The lowest BCUT2D eigenvalue weighted by Crippen LogP contribution is -2.71. The molecule has 0 spiro atoms.